The van der Waals surface area contributed by atoms with Crippen LogP contribution in [0.2, 0.25) is 0 Å². The van der Waals surface area contributed by atoms with E-state index in [1.807, 2.05) is 21.9 Å². The summed E-state index contributed by atoms with van der Waals surface area (Å²) in [5.74, 6) is 2.03. The number of piperidine rings is 1. The summed E-state index contributed by atoms with van der Waals surface area (Å²) in [4.78, 5) is 35.2. The van der Waals surface area contributed by atoms with Gasteiger partial charge in [-0.2, -0.15) is 0 Å². The lowest BCUT2D eigenvalue weighted by Gasteiger charge is -2.34. The van der Waals surface area contributed by atoms with Crippen LogP contribution in [0.15, 0.2) is 18.3 Å². The summed E-state index contributed by atoms with van der Waals surface area (Å²) in [6.07, 6.45) is 6.25. The molecule has 152 valence electrons. The van der Waals surface area contributed by atoms with Crippen molar-refractivity contribution < 1.29 is 14.7 Å². The Morgan fingerprint density at radius 3 is 2.50 bits per heavy atom. The van der Waals surface area contributed by atoms with Gasteiger partial charge in [0.2, 0.25) is 5.91 Å². The summed E-state index contributed by atoms with van der Waals surface area (Å²) < 4.78 is 0. The molecule has 0 unspecified atom stereocenters. The van der Waals surface area contributed by atoms with Gasteiger partial charge in [-0.3, -0.25) is 9.59 Å². The van der Waals surface area contributed by atoms with Gasteiger partial charge in [-0.1, -0.05) is 0 Å². The van der Waals surface area contributed by atoms with Gasteiger partial charge in [0, 0.05) is 64.4 Å². The molecule has 3 aliphatic heterocycles. The molecule has 0 saturated carbocycles. The Balaban J connectivity index is 1.28. The normalized spacial score (nSPS) is 23.7. The van der Waals surface area contributed by atoms with Crippen LogP contribution in [-0.4, -0.2) is 77.6 Å². The molecule has 0 radical (unpaired) electrons. The van der Waals surface area contributed by atoms with Gasteiger partial charge in [0.15, 0.2) is 0 Å². The van der Waals surface area contributed by atoms with Crippen LogP contribution in [0, 0.1) is 11.8 Å². The Bertz CT molecular complexity index is 700. The maximum Gasteiger partial charge on any atom is 0.255 e. The van der Waals surface area contributed by atoms with Crippen LogP contribution in [0.3, 0.4) is 0 Å². The van der Waals surface area contributed by atoms with Crippen molar-refractivity contribution in [3.05, 3.63) is 23.9 Å². The van der Waals surface area contributed by atoms with Gasteiger partial charge in [-0.05, 0) is 43.7 Å². The topological polar surface area (TPSA) is 77.0 Å². The fourth-order valence-electron chi connectivity index (χ4n) is 4.60. The second-order valence-electron chi connectivity index (χ2n) is 8.37. The molecular formula is C21H30N4O3. The Hall–Kier alpha value is -2.15. The number of hydrogen-bond donors (Lipinski definition) is 1. The lowest BCUT2D eigenvalue weighted by Crippen LogP contribution is -2.41. The Morgan fingerprint density at radius 1 is 1.11 bits per heavy atom. The number of aliphatic hydroxyl groups excluding tert-OH is 1. The van der Waals surface area contributed by atoms with Crippen LogP contribution in [0.4, 0.5) is 5.82 Å². The molecule has 0 aliphatic carbocycles. The van der Waals surface area contributed by atoms with E-state index in [9.17, 15) is 14.7 Å². The lowest BCUT2D eigenvalue weighted by molar-refractivity contribution is -0.128. The minimum Gasteiger partial charge on any atom is -0.396 e. The highest BCUT2D eigenvalue weighted by Crippen LogP contribution is 2.24. The molecule has 0 aromatic carbocycles. The number of rotatable bonds is 5. The second kappa shape index (κ2) is 8.47. The monoisotopic (exact) mass is 386 g/mol. The van der Waals surface area contributed by atoms with Crippen molar-refractivity contribution in [2.24, 2.45) is 11.8 Å². The number of amides is 2. The van der Waals surface area contributed by atoms with Crippen LogP contribution in [0.5, 0.6) is 0 Å². The quantitative estimate of drug-likeness (QED) is 0.827. The molecule has 3 saturated heterocycles. The molecular weight excluding hydrogens is 356 g/mol. The van der Waals surface area contributed by atoms with E-state index in [4.69, 9.17) is 0 Å². The summed E-state index contributed by atoms with van der Waals surface area (Å²) in [6, 6.07) is 3.78. The lowest BCUT2D eigenvalue weighted by atomic mass is 9.96. The van der Waals surface area contributed by atoms with Gasteiger partial charge in [-0.15, -0.1) is 0 Å². The van der Waals surface area contributed by atoms with E-state index in [2.05, 4.69) is 9.88 Å². The highest BCUT2D eigenvalue weighted by Gasteiger charge is 2.28. The number of aliphatic hydroxyl groups is 1. The standard InChI is InChI=1S/C21H30N4O3/c26-15-17-7-11-24(14-17)19-4-3-18(12-22-19)21(28)23-9-5-16(6-10-23)13-25-8-1-2-20(25)27/h3-4,12,16-17,26H,1-2,5-11,13-15H2/t17-/m0/s1. The van der Waals surface area contributed by atoms with Gasteiger partial charge in [0.1, 0.15) is 5.82 Å². The van der Waals surface area contributed by atoms with Crippen LogP contribution in [-0.2, 0) is 4.79 Å². The summed E-state index contributed by atoms with van der Waals surface area (Å²) in [5.41, 5.74) is 0.634. The van der Waals surface area contributed by atoms with Crippen molar-refractivity contribution in [2.75, 3.05) is 50.8 Å². The SMILES string of the molecule is O=C1CCCN1CC1CCN(C(=O)c2ccc(N3CC[C@H](CO)C3)nc2)CC1. The maximum atomic E-state index is 12.8. The number of aromatic nitrogens is 1. The fourth-order valence-corrected chi connectivity index (χ4v) is 4.60. The van der Waals surface area contributed by atoms with Gasteiger partial charge in [0.05, 0.1) is 5.56 Å². The first-order valence-corrected chi connectivity index (χ1v) is 10.5. The molecule has 0 spiro atoms. The first kappa shape index (κ1) is 19.2. The molecule has 7 nitrogen and oxygen atoms in total. The second-order valence-corrected chi connectivity index (χ2v) is 8.37. The highest BCUT2D eigenvalue weighted by molar-refractivity contribution is 5.94. The maximum absolute atomic E-state index is 12.8. The number of pyridine rings is 1. The third-order valence-electron chi connectivity index (χ3n) is 6.41. The molecule has 1 aromatic heterocycles. The van der Waals surface area contributed by atoms with Crippen molar-refractivity contribution in [2.45, 2.75) is 32.1 Å². The predicted octanol–water partition coefficient (Wildman–Crippen LogP) is 1.37. The molecule has 4 heterocycles. The number of likely N-dealkylation sites (tertiary alicyclic amines) is 2. The van der Waals surface area contributed by atoms with E-state index in [-0.39, 0.29) is 18.4 Å². The third kappa shape index (κ3) is 4.14. The zero-order valence-corrected chi connectivity index (χ0v) is 16.4. The van der Waals surface area contributed by atoms with Crippen LogP contribution >= 0.6 is 0 Å². The van der Waals surface area contributed by atoms with E-state index in [0.717, 1.165) is 70.8 Å². The Kier molecular flexibility index (Phi) is 5.80. The molecule has 4 rings (SSSR count). The van der Waals surface area contributed by atoms with Crippen molar-refractivity contribution in [1.82, 2.24) is 14.8 Å². The summed E-state index contributed by atoms with van der Waals surface area (Å²) in [5, 5.41) is 9.29. The molecule has 28 heavy (non-hydrogen) atoms. The average Bonchev–Trinajstić information content (AvgIpc) is 3.37. The number of nitrogens with zero attached hydrogens (tertiary/aromatic N) is 4. The average molecular weight is 386 g/mol. The summed E-state index contributed by atoms with van der Waals surface area (Å²) >= 11 is 0. The Morgan fingerprint density at radius 2 is 1.89 bits per heavy atom. The van der Waals surface area contributed by atoms with Gasteiger partial charge < -0.3 is 19.8 Å². The van der Waals surface area contributed by atoms with Gasteiger partial charge in [-0.25, -0.2) is 4.98 Å². The highest BCUT2D eigenvalue weighted by atomic mass is 16.3. The van der Waals surface area contributed by atoms with Crippen molar-refractivity contribution in [3.63, 3.8) is 0 Å². The molecule has 1 atom stereocenters. The minimum atomic E-state index is 0.0457. The summed E-state index contributed by atoms with van der Waals surface area (Å²) in [7, 11) is 0. The van der Waals surface area contributed by atoms with Crippen LogP contribution in [0.1, 0.15) is 42.5 Å². The fraction of sp³-hybridized carbons (Fsp3) is 0.667. The smallest absolute Gasteiger partial charge is 0.255 e. The largest absolute Gasteiger partial charge is 0.396 e. The molecule has 0 bridgehead atoms. The minimum absolute atomic E-state index is 0.0457. The van der Waals surface area contributed by atoms with Crippen molar-refractivity contribution in [3.8, 4) is 0 Å². The zero-order chi connectivity index (χ0) is 19.5. The number of hydrogen-bond acceptors (Lipinski definition) is 5. The zero-order valence-electron chi connectivity index (χ0n) is 16.4. The first-order chi connectivity index (χ1) is 13.6. The molecule has 1 aromatic rings. The van der Waals surface area contributed by atoms with Gasteiger partial charge >= 0.3 is 0 Å². The molecule has 3 aliphatic rings. The van der Waals surface area contributed by atoms with E-state index < -0.39 is 0 Å². The Labute approximate surface area is 166 Å². The number of anilines is 1. The van der Waals surface area contributed by atoms with Crippen molar-refractivity contribution >= 4 is 17.6 Å². The van der Waals surface area contributed by atoms with Crippen LogP contribution < -0.4 is 4.90 Å². The molecule has 3 fully saturated rings. The summed E-state index contributed by atoms with van der Waals surface area (Å²) in [6.45, 7) is 5.18. The molecule has 1 N–H and O–H groups in total. The van der Waals surface area contributed by atoms with E-state index in [0.29, 0.717) is 23.8 Å². The molecule has 2 amide bonds. The first-order valence-electron chi connectivity index (χ1n) is 10.5. The number of carbonyl (C=O) groups excluding carboxylic acids is 2. The van der Waals surface area contributed by atoms with Gasteiger partial charge in [0.25, 0.3) is 5.91 Å². The number of carbonyl (C=O) groups is 2. The van der Waals surface area contributed by atoms with E-state index in [1.54, 1.807) is 6.20 Å². The third-order valence-corrected chi connectivity index (χ3v) is 6.41. The van der Waals surface area contributed by atoms with E-state index >= 15 is 0 Å². The van der Waals surface area contributed by atoms with Crippen LogP contribution in [0.25, 0.3) is 0 Å². The van der Waals surface area contributed by atoms with Crippen molar-refractivity contribution in [1.29, 1.82) is 0 Å². The van der Waals surface area contributed by atoms with E-state index in [1.165, 1.54) is 0 Å². The predicted molar refractivity (Wildman–Crippen MR) is 106 cm³/mol. The molecule has 7 heteroatoms.